The molecule has 1 amide bonds. The largest absolute Gasteiger partial charge is 0.372 e. The highest BCUT2D eigenvalue weighted by molar-refractivity contribution is 6.11. The zero-order valence-corrected chi connectivity index (χ0v) is 17.0. The van der Waals surface area contributed by atoms with Gasteiger partial charge in [0.2, 0.25) is 0 Å². The summed E-state index contributed by atoms with van der Waals surface area (Å²) in [6, 6.07) is 10.4. The molecule has 0 spiro atoms. The number of hydrogen-bond donors (Lipinski definition) is 2. The molecule has 3 heterocycles. The molecule has 4 aliphatic rings. The number of fused-ring (bicyclic) bond motifs is 9. The van der Waals surface area contributed by atoms with Gasteiger partial charge in [0.05, 0.1) is 22.8 Å². The number of amides is 1. The van der Waals surface area contributed by atoms with Gasteiger partial charge in [0.1, 0.15) is 0 Å². The van der Waals surface area contributed by atoms with Crippen LogP contribution in [0.4, 0.5) is 5.69 Å². The Labute approximate surface area is 179 Å². The van der Waals surface area contributed by atoms with Crippen molar-refractivity contribution in [2.24, 2.45) is 0 Å². The molecule has 150 valence electrons. The topological polar surface area (TPSA) is 48.1 Å². The van der Waals surface area contributed by atoms with E-state index in [1.54, 1.807) is 0 Å². The molecule has 1 atom stereocenters. The van der Waals surface area contributed by atoms with Gasteiger partial charge in [0, 0.05) is 29.0 Å². The SMILES string of the molecule is O=C1c2c(c3c4c([nH]c3c3c2=C2C=CC=CC2N3)=CC=CC4)CN1Cc1ccccc1. The van der Waals surface area contributed by atoms with Crippen molar-refractivity contribution >= 4 is 34.1 Å². The van der Waals surface area contributed by atoms with Crippen LogP contribution in [0.5, 0.6) is 0 Å². The Bertz CT molecular complexity index is 1500. The van der Waals surface area contributed by atoms with Crippen LogP contribution in [0.3, 0.4) is 0 Å². The van der Waals surface area contributed by atoms with Crippen LogP contribution in [-0.4, -0.2) is 21.8 Å². The Kier molecular flexibility index (Phi) is 3.34. The van der Waals surface area contributed by atoms with Gasteiger partial charge >= 0.3 is 0 Å². The summed E-state index contributed by atoms with van der Waals surface area (Å²) >= 11 is 0. The van der Waals surface area contributed by atoms with Crippen LogP contribution < -0.4 is 15.9 Å². The van der Waals surface area contributed by atoms with Gasteiger partial charge in [-0.3, -0.25) is 4.79 Å². The lowest BCUT2D eigenvalue weighted by atomic mass is 9.94. The summed E-state index contributed by atoms with van der Waals surface area (Å²) in [5, 5.41) is 7.17. The van der Waals surface area contributed by atoms with E-state index in [0.29, 0.717) is 13.1 Å². The van der Waals surface area contributed by atoms with Crippen molar-refractivity contribution in [1.82, 2.24) is 9.88 Å². The summed E-state index contributed by atoms with van der Waals surface area (Å²) in [4.78, 5) is 19.5. The molecule has 2 aliphatic heterocycles. The Morgan fingerprint density at radius 3 is 2.87 bits per heavy atom. The lowest BCUT2D eigenvalue weighted by Gasteiger charge is -2.15. The maximum atomic E-state index is 13.8. The van der Waals surface area contributed by atoms with Gasteiger partial charge in [0.15, 0.2) is 0 Å². The number of aromatic amines is 1. The first-order valence-electron chi connectivity index (χ1n) is 10.8. The Morgan fingerprint density at radius 2 is 1.97 bits per heavy atom. The van der Waals surface area contributed by atoms with Crippen LogP contribution >= 0.6 is 0 Å². The summed E-state index contributed by atoms with van der Waals surface area (Å²) in [5.74, 6) is 0.139. The van der Waals surface area contributed by atoms with Gasteiger partial charge in [-0.25, -0.2) is 0 Å². The number of hydrogen-bond acceptors (Lipinski definition) is 2. The quantitative estimate of drug-likeness (QED) is 0.690. The zero-order valence-electron chi connectivity index (χ0n) is 17.0. The van der Waals surface area contributed by atoms with E-state index in [1.807, 2.05) is 23.1 Å². The number of H-pyrrole nitrogens is 1. The molecule has 0 bridgehead atoms. The standard InChI is InChI=1S/C27H21N3O/c31-27-24-19(15-30(27)14-16-8-2-1-3-9-16)22-17-10-4-6-12-20(17)28-25(22)26-23(24)18-11-5-7-13-21(18)29-26/h1-9,11-13,21,28-29H,10,14-15H2. The Morgan fingerprint density at radius 1 is 1.06 bits per heavy atom. The summed E-state index contributed by atoms with van der Waals surface area (Å²) in [6.45, 7) is 1.28. The lowest BCUT2D eigenvalue weighted by Crippen LogP contribution is -2.26. The lowest BCUT2D eigenvalue weighted by molar-refractivity contribution is 0.0766. The van der Waals surface area contributed by atoms with Crippen molar-refractivity contribution in [3.63, 3.8) is 0 Å². The van der Waals surface area contributed by atoms with Crippen molar-refractivity contribution < 1.29 is 4.79 Å². The number of rotatable bonds is 2. The fraction of sp³-hybridized carbons (Fsp3) is 0.148. The molecule has 0 fully saturated rings. The first kappa shape index (κ1) is 16.9. The number of aromatic nitrogens is 1. The monoisotopic (exact) mass is 403 g/mol. The summed E-state index contributed by atoms with van der Waals surface area (Å²) in [7, 11) is 0. The average Bonchev–Trinajstić information content (AvgIpc) is 3.46. The van der Waals surface area contributed by atoms with E-state index >= 15 is 0 Å². The van der Waals surface area contributed by atoms with E-state index in [0.717, 1.165) is 39.3 Å². The molecule has 1 unspecified atom stereocenters. The van der Waals surface area contributed by atoms with Crippen molar-refractivity contribution in [1.29, 1.82) is 0 Å². The predicted octanol–water partition coefficient (Wildman–Crippen LogP) is 3.29. The van der Waals surface area contributed by atoms with Crippen LogP contribution in [-0.2, 0) is 19.5 Å². The third-order valence-electron chi connectivity index (χ3n) is 6.89. The van der Waals surface area contributed by atoms with Gasteiger partial charge in [-0.05, 0) is 34.8 Å². The number of benzene rings is 2. The molecular formula is C27H21N3O. The zero-order chi connectivity index (χ0) is 20.5. The van der Waals surface area contributed by atoms with E-state index in [9.17, 15) is 4.79 Å². The maximum absolute atomic E-state index is 13.8. The molecule has 1 aromatic heterocycles. The minimum absolute atomic E-state index is 0.119. The predicted molar refractivity (Wildman–Crippen MR) is 124 cm³/mol. The minimum Gasteiger partial charge on any atom is -0.372 e. The van der Waals surface area contributed by atoms with Crippen LogP contribution in [0.2, 0.25) is 0 Å². The van der Waals surface area contributed by atoms with Gasteiger partial charge in [-0.2, -0.15) is 0 Å². The smallest absolute Gasteiger partial charge is 0.255 e. The first-order chi connectivity index (χ1) is 15.3. The highest BCUT2D eigenvalue weighted by Gasteiger charge is 2.37. The Hall–Kier alpha value is -3.79. The van der Waals surface area contributed by atoms with Crippen molar-refractivity contribution in [3.05, 3.63) is 99.6 Å². The third kappa shape index (κ3) is 2.27. The molecule has 4 heteroatoms. The molecule has 2 aromatic carbocycles. The molecule has 2 N–H and O–H groups in total. The van der Waals surface area contributed by atoms with Gasteiger partial charge < -0.3 is 15.2 Å². The van der Waals surface area contributed by atoms with Crippen LogP contribution in [0.15, 0.2) is 66.8 Å². The molecule has 0 saturated heterocycles. The molecule has 0 saturated carbocycles. The molecule has 7 rings (SSSR count). The van der Waals surface area contributed by atoms with E-state index in [4.69, 9.17) is 0 Å². The molecular weight excluding hydrogens is 382 g/mol. The number of nitrogens with one attached hydrogen (secondary N) is 2. The van der Waals surface area contributed by atoms with Gasteiger partial charge in [-0.1, -0.05) is 66.8 Å². The number of nitrogens with zero attached hydrogens (tertiary/aromatic N) is 1. The molecule has 4 nitrogen and oxygen atoms in total. The number of carbonyl (C=O) groups is 1. The molecule has 0 radical (unpaired) electrons. The van der Waals surface area contributed by atoms with Gasteiger partial charge in [0.25, 0.3) is 5.91 Å². The number of anilines is 1. The fourth-order valence-electron chi connectivity index (χ4n) is 5.55. The van der Waals surface area contributed by atoms with Crippen LogP contribution in [0.25, 0.3) is 22.6 Å². The summed E-state index contributed by atoms with van der Waals surface area (Å²) < 4.78 is 0. The van der Waals surface area contributed by atoms with Crippen molar-refractivity contribution in [2.45, 2.75) is 25.6 Å². The molecule has 2 aliphatic carbocycles. The molecule has 31 heavy (non-hydrogen) atoms. The average molecular weight is 403 g/mol. The van der Waals surface area contributed by atoms with Crippen molar-refractivity contribution in [3.8, 4) is 0 Å². The van der Waals surface area contributed by atoms with E-state index in [1.165, 1.54) is 22.1 Å². The van der Waals surface area contributed by atoms with Crippen LogP contribution in [0, 0.1) is 0 Å². The van der Waals surface area contributed by atoms with E-state index < -0.39 is 0 Å². The van der Waals surface area contributed by atoms with E-state index in [-0.39, 0.29) is 11.9 Å². The highest BCUT2D eigenvalue weighted by atomic mass is 16.2. The normalized spacial score (nSPS) is 19.9. The number of allylic oxidation sites excluding steroid dienone is 4. The highest BCUT2D eigenvalue weighted by Crippen LogP contribution is 2.38. The van der Waals surface area contributed by atoms with E-state index in [2.05, 4.69) is 65.0 Å². The minimum atomic E-state index is 0.119. The summed E-state index contributed by atoms with van der Waals surface area (Å²) in [5.41, 5.74) is 7.93. The van der Waals surface area contributed by atoms with Crippen LogP contribution in [0.1, 0.15) is 27.0 Å². The first-order valence-corrected chi connectivity index (χ1v) is 10.8. The second kappa shape index (κ2) is 6.11. The fourth-order valence-corrected chi connectivity index (χ4v) is 5.55. The maximum Gasteiger partial charge on any atom is 0.255 e. The second-order valence-electron chi connectivity index (χ2n) is 8.64. The molecule has 3 aromatic rings. The Balaban J connectivity index is 1.52. The summed E-state index contributed by atoms with van der Waals surface area (Å²) in [6.07, 6.45) is 15.8. The third-order valence-corrected chi connectivity index (χ3v) is 6.89. The van der Waals surface area contributed by atoms with Gasteiger partial charge in [-0.15, -0.1) is 0 Å². The van der Waals surface area contributed by atoms with Crippen molar-refractivity contribution in [2.75, 3.05) is 5.32 Å². The number of carbonyl (C=O) groups excluding carboxylic acids is 1. The second-order valence-corrected chi connectivity index (χ2v) is 8.64.